The molecule has 40 heavy (non-hydrogen) atoms. The third kappa shape index (κ3) is 4.61. The number of halogens is 5. The summed E-state index contributed by atoms with van der Waals surface area (Å²) in [6.07, 6.45) is -4.19. The number of aliphatic carboxylic acids is 1. The number of aliphatic hydroxyl groups is 1. The van der Waals surface area contributed by atoms with Gasteiger partial charge in [-0.1, -0.05) is 24.3 Å². The number of fused-ring (bicyclic) bond motifs is 3. The number of nitrogens with zero attached hydrogens (tertiary/aromatic N) is 1. The van der Waals surface area contributed by atoms with Crippen LogP contribution < -0.4 is 4.74 Å². The fourth-order valence-electron chi connectivity index (χ4n) is 6.52. The average Bonchev–Trinajstić information content (AvgIpc) is 3.28. The summed E-state index contributed by atoms with van der Waals surface area (Å²) in [7, 11) is 0. The van der Waals surface area contributed by atoms with Crippen LogP contribution >= 0.6 is 0 Å². The van der Waals surface area contributed by atoms with Crippen LogP contribution in [0.25, 0.3) is 0 Å². The van der Waals surface area contributed by atoms with Crippen molar-refractivity contribution in [1.29, 1.82) is 0 Å². The Morgan fingerprint density at radius 1 is 1.05 bits per heavy atom. The Hall–Kier alpha value is -3.21. The van der Waals surface area contributed by atoms with E-state index >= 15 is 0 Å². The first-order chi connectivity index (χ1) is 18.7. The first-order valence-corrected chi connectivity index (χ1v) is 13.2. The molecule has 0 aromatic heterocycles. The van der Waals surface area contributed by atoms with Crippen LogP contribution in [0.2, 0.25) is 0 Å². The van der Waals surface area contributed by atoms with E-state index in [0.29, 0.717) is 25.3 Å². The summed E-state index contributed by atoms with van der Waals surface area (Å²) in [6.45, 7) is 0.555. The van der Waals surface area contributed by atoms with Crippen LogP contribution in [0.3, 0.4) is 0 Å². The lowest BCUT2D eigenvalue weighted by Gasteiger charge is -2.45. The molecule has 11 heteroatoms. The second kappa shape index (κ2) is 9.71. The van der Waals surface area contributed by atoms with E-state index in [1.165, 1.54) is 23.1 Å². The number of carboxylic acids is 1. The second-order valence-electron chi connectivity index (χ2n) is 11.4. The van der Waals surface area contributed by atoms with Crippen LogP contribution in [0.4, 0.5) is 22.0 Å². The molecule has 3 aliphatic rings. The zero-order chi connectivity index (χ0) is 29.1. The molecule has 0 radical (unpaired) electrons. The molecule has 3 unspecified atom stereocenters. The van der Waals surface area contributed by atoms with Gasteiger partial charge in [0, 0.05) is 23.1 Å². The molecule has 1 saturated heterocycles. The van der Waals surface area contributed by atoms with Crippen molar-refractivity contribution in [2.75, 3.05) is 13.2 Å². The minimum absolute atomic E-state index is 0.00961. The smallest absolute Gasteiger partial charge is 0.426 e. The standard InChI is InChI=1S/C29H30F5NO5/c1-26(31,29(32,33)34)19-4-7-21-22(14-19)40-16-23-27(21,15-17-2-5-20(30)6-3-17)12-13-35(23)25(38)28(39)10-8-18(9-11-28)24(36)37/h2-7,14,18,23,39H,8-13,15-16H2,1H3,(H,36,37)/t18-,23?,26?,27?,28+. The lowest BCUT2D eigenvalue weighted by atomic mass is 9.68. The predicted octanol–water partition coefficient (Wildman–Crippen LogP) is 5.05. The van der Waals surface area contributed by atoms with Crippen LogP contribution in [0.5, 0.6) is 5.75 Å². The van der Waals surface area contributed by atoms with E-state index in [0.717, 1.165) is 17.7 Å². The molecule has 2 aromatic carbocycles. The van der Waals surface area contributed by atoms with Crippen molar-refractivity contribution in [2.24, 2.45) is 5.92 Å². The van der Waals surface area contributed by atoms with Gasteiger partial charge in [-0.05, 0) is 69.2 Å². The van der Waals surface area contributed by atoms with Gasteiger partial charge in [0.1, 0.15) is 23.8 Å². The second-order valence-corrected chi connectivity index (χ2v) is 11.4. The number of rotatable bonds is 5. The highest BCUT2D eigenvalue weighted by molar-refractivity contribution is 5.86. The van der Waals surface area contributed by atoms with E-state index in [9.17, 15) is 41.8 Å². The van der Waals surface area contributed by atoms with Gasteiger partial charge in [0.15, 0.2) is 0 Å². The minimum Gasteiger partial charge on any atom is -0.491 e. The van der Waals surface area contributed by atoms with E-state index in [1.807, 2.05) is 0 Å². The zero-order valence-electron chi connectivity index (χ0n) is 21.8. The van der Waals surface area contributed by atoms with Crippen molar-refractivity contribution in [2.45, 2.75) is 74.4 Å². The first-order valence-electron chi connectivity index (χ1n) is 13.2. The van der Waals surface area contributed by atoms with Crippen molar-refractivity contribution in [3.63, 3.8) is 0 Å². The van der Waals surface area contributed by atoms with Gasteiger partial charge in [-0.2, -0.15) is 13.2 Å². The van der Waals surface area contributed by atoms with Gasteiger partial charge in [0.2, 0.25) is 5.67 Å². The first kappa shape index (κ1) is 28.3. The van der Waals surface area contributed by atoms with Gasteiger partial charge in [-0.3, -0.25) is 9.59 Å². The summed E-state index contributed by atoms with van der Waals surface area (Å²) in [5.41, 5.74) is -5.59. The van der Waals surface area contributed by atoms with Crippen LogP contribution in [0, 0.1) is 11.7 Å². The van der Waals surface area contributed by atoms with Gasteiger partial charge < -0.3 is 19.8 Å². The molecule has 1 saturated carbocycles. The van der Waals surface area contributed by atoms with E-state index in [-0.39, 0.29) is 44.6 Å². The molecule has 0 spiro atoms. The third-order valence-electron chi connectivity index (χ3n) is 9.06. The van der Waals surface area contributed by atoms with Crippen LogP contribution in [-0.4, -0.2) is 58.0 Å². The minimum atomic E-state index is -5.14. The zero-order valence-corrected chi connectivity index (χ0v) is 21.8. The summed E-state index contributed by atoms with van der Waals surface area (Å²) in [5, 5.41) is 20.6. The quantitative estimate of drug-likeness (QED) is 0.494. The number of likely N-dealkylation sites (tertiary alicyclic amines) is 1. The number of hydrogen-bond acceptors (Lipinski definition) is 4. The van der Waals surface area contributed by atoms with E-state index in [4.69, 9.17) is 4.74 Å². The monoisotopic (exact) mass is 567 g/mol. The maximum absolute atomic E-state index is 14.8. The molecule has 6 nitrogen and oxygen atoms in total. The van der Waals surface area contributed by atoms with Crippen molar-refractivity contribution in [3.8, 4) is 5.75 Å². The summed E-state index contributed by atoms with van der Waals surface area (Å²) in [5.74, 6) is -2.51. The molecule has 3 atom stereocenters. The van der Waals surface area contributed by atoms with Crippen molar-refractivity contribution in [1.82, 2.24) is 4.90 Å². The average molecular weight is 568 g/mol. The lowest BCUT2D eigenvalue weighted by molar-refractivity contribution is -0.228. The lowest BCUT2D eigenvalue weighted by Crippen LogP contribution is -2.58. The Morgan fingerprint density at radius 2 is 1.70 bits per heavy atom. The van der Waals surface area contributed by atoms with Crippen LogP contribution in [0.15, 0.2) is 42.5 Å². The Labute approximate surface area is 227 Å². The number of carbonyl (C=O) groups excluding carboxylic acids is 1. The molecule has 216 valence electrons. The topological polar surface area (TPSA) is 87.1 Å². The molecule has 1 amide bonds. The molecular weight excluding hydrogens is 537 g/mol. The van der Waals surface area contributed by atoms with Gasteiger partial charge in [-0.15, -0.1) is 0 Å². The maximum Gasteiger partial charge on any atom is 0.426 e. The fraction of sp³-hybridized carbons (Fsp3) is 0.517. The molecule has 2 aliphatic heterocycles. The van der Waals surface area contributed by atoms with Gasteiger partial charge >= 0.3 is 12.1 Å². The number of amides is 1. The summed E-state index contributed by atoms with van der Waals surface area (Å²) < 4.78 is 74.6. The van der Waals surface area contributed by atoms with Crippen LogP contribution in [0.1, 0.15) is 55.7 Å². The number of ether oxygens (including phenoxy) is 1. The molecule has 2 N–H and O–H groups in total. The highest BCUT2D eigenvalue weighted by atomic mass is 19.4. The number of hydrogen-bond donors (Lipinski definition) is 2. The summed E-state index contributed by atoms with van der Waals surface area (Å²) >= 11 is 0. The number of alkyl halides is 4. The van der Waals surface area contributed by atoms with Gasteiger partial charge in [-0.25, -0.2) is 8.78 Å². The Balaban J connectivity index is 1.52. The van der Waals surface area contributed by atoms with Crippen molar-refractivity contribution < 1.29 is 46.5 Å². The molecule has 5 rings (SSSR count). The number of carbonyl (C=O) groups is 2. The molecule has 2 heterocycles. The number of benzene rings is 2. The normalized spacial score (nSPS) is 29.6. The highest BCUT2D eigenvalue weighted by Crippen LogP contribution is 2.52. The Kier molecular flexibility index (Phi) is 6.88. The third-order valence-corrected chi connectivity index (χ3v) is 9.06. The van der Waals surface area contributed by atoms with E-state index in [1.54, 1.807) is 12.1 Å². The largest absolute Gasteiger partial charge is 0.491 e. The van der Waals surface area contributed by atoms with Crippen LogP contribution in [-0.2, 0) is 27.1 Å². The van der Waals surface area contributed by atoms with E-state index in [2.05, 4.69) is 0 Å². The Morgan fingerprint density at radius 3 is 2.30 bits per heavy atom. The number of carboxylic acid groups (broad SMARTS) is 1. The summed E-state index contributed by atoms with van der Waals surface area (Å²) in [4.78, 5) is 26.6. The summed E-state index contributed by atoms with van der Waals surface area (Å²) in [6, 6.07) is 8.70. The van der Waals surface area contributed by atoms with Gasteiger partial charge in [0.25, 0.3) is 5.91 Å². The highest BCUT2D eigenvalue weighted by Gasteiger charge is 2.58. The van der Waals surface area contributed by atoms with Gasteiger partial charge in [0.05, 0.1) is 12.0 Å². The maximum atomic E-state index is 14.8. The molecule has 2 aromatic rings. The molecule has 2 fully saturated rings. The molecule has 0 bridgehead atoms. The molecule has 1 aliphatic carbocycles. The molecular formula is C29H30F5NO5. The SMILES string of the molecule is CC(F)(c1ccc2c(c1)OCC1N(C(=O)[C@]3(O)CC[C@@H](C(=O)O)CC3)CCC21Cc1ccc(F)cc1)C(F)(F)F. The van der Waals surface area contributed by atoms with E-state index < -0.39 is 58.1 Å². The predicted molar refractivity (Wildman–Crippen MR) is 133 cm³/mol. The van der Waals surface area contributed by atoms with Crippen molar-refractivity contribution in [3.05, 3.63) is 65.0 Å². The van der Waals surface area contributed by atoms with Crippen molar-refractivity contribution >= 4 is 11.9 Å². The fourth-order valence-corrected chi connectivity index (χ4v) is 6.52. The Bertz CT molecular complexity index is 1300.